The molecule has 0 unspecified atom stereocenters. The molecule has 2 heterocycles. The summed E-state index contributed by atoms with van der Waals surface area (Å²) in [7, 11) is 0. The zero-order valence-corrected chi connectivity index (χ0v) is 12.0. The highest BCUT2D eigenvalue weighted by molar-refractivity contribution is 5.74. The fourth-order valence-corrected chi connectivity index (χ4v) is 2.44. The van der Waals surface area contributed by atoms with Gasteiger partial charge in [-0.25, -0.2) is 4.98 Å². The summed E-state index contributed by atoms with van der Waals surface area (Å²) in [6, 6.07) is 9.72. The van der Waals surface area contributed by atoms with Crippen LogP contribution in [0.15, 0.2) is 45.9 Å². The summed E-state index contributed by atoms with van der Waals surface area (Å²) >= 11 is 0. The van der Waals surface area contributed by atoms with Crippen LogP contribution < -0.4 is 10.9 Å². The van der Waals surface area contributed by atoms with Gasteiger partial charge in [-0.3, -0.25) is 9.36 Å². The molecule has 6 heteroatoms. The topological polar surface area (TPSA) is 73.0 Å². The van der Waals surface area contributed by atoms with Crippen LogP contribution >= 0.6 is 0 Å². The van der Waals surface area contributed by atoms with Gasteiger partial charge in [-0.2, -0.15) is 4.98 Å². The maximum Gasteiger partial charge on any atom is 0.295 e. The lowest BCUT2D eigenvalue weighted by Gasteiger charge is -2.06. The highest BCUT2D eigenvalue weighted by Gasteiger charge is 2.25. The number of nitrogens with one attached hydrogen (secondary N) is 1. The molecule has 6 nitrogen and oxygen atoms in total. The maximum atomic E-state index is 12.0. The standard InChI is InChI=1S/C16H16N4O2/c21-15-9-13(11-5-6-11)18-10-20(15)8-7-17-16-19-12-3-1-2-4-14(12)22-16/h1-4,9-11H,5-8H2,(H,17,19). The lowest BCUT2D eigenvalue weighted by molar-refractivity contribution is 0.601. The van der Waals surface area contributed by atoms with E-state index >= 15 is 0 Å². The first-order valence-electron chi connectivity index (χ1n) is 7.45. The van der Waals surface area contributed by atoms with Gasteiger partial charge in [0.2, 0.25) is 0 Å². The Morgan fingerprint density at radius 2 is 2.18 bits per heavy atom. The van der Waals surface area contributed by atoms with Gasteiger partial charge >= 0.3 is 0 Å². The molecular weight excluding hydrogens is 280 g/mol. The molecular formula is C16H16N4O2. The number of hydrogen-bond acceptors (Lipinski definition) is 5. The van der Waals surface area contributed by atoms with E-state index in [0.717, 1.165) is 29.6 Å². The van der Waals surface area contributed by atoms with E-state index in [-0.39, 0.29) is 5.56 Å². The molecule has 0 atom stereocenters. The highest BCUT2D eigenvalue weighted by Crippen LogP contribution is 2.38. The van der Waals surface area contributed by atoms with Crippen molar-refractivity contribution in [2.45, 2.75) is 25.3 Å². The first-order valence-corrected chi connectivity index (χ1v) is 7.45. The summed E-state index contributed by atoms with van der Waals surface area (Å²) in [5, 5.41) is 3.09. The summed E-state index contributed by atoms with van der Waals surface area (Å²) in [5.41, 5.74) is 2.49. The van der Waals surface area contributed by atoms with Crippen LogP contribution in [-0.2, 0) is 6.54 Å². The molecule has 4 rings (SSSR count). The Labute approximate surface area is 126 Å². The second-order valence-electron chi connectivity index (χ2n) is 5.53. The number of rotatable bonds is 5. The zero-order valence-electron chi connectivity index (χ0n) is 12.0. The number of anilines is 1. The molecule has 22 heavy (non-hydrogen) atoms. The quantitative estimate of drug-likeness (QED) is 0.782. The van der Waals surface area contributed by atoms with Crippen molar-refractivity contribution >= 4 is 17.1 Å². The van der Waals surface area contributed by atoms with Crippen LogP contribution in [0.25, 0.3) is 11.1 Å². The van der Waals surface area contributed by atoms with E-state index in [4.69, 9.17) is 4.42 Å². The summed E-state index contributed by atoms with van der Waals surface area (Å²) in [4.78, 5) is 20.7. The Bertz CT molecular complexity index is 831. The predicted molar refractivity (Wildman–Crippen MR) is 83.0 cm³/mol. The smallest absolute Gasteiger partial charge is 0.295 e. The number of fused-ring (bicyclic) bond motifs is 1. The molecule has 0 saturated heterocycles. The second kappa shape index (κ2) is 5.29. The first kappa shape index (κ1) is 13.1. The van der Waals surface area contributed by atoms with Crippen molar-refractivity contribution in [3.05, 3.63) is 52.7 Å². The Kier molecular flexibility index (Phi) is 3.14. The predicted octanol–water partition coefficient (Wildman–Crippen LogP) is 2.37. The molecule has 112 valence electrons. The van der Waals surface area contributed by atoms with E-state index in [2.05, 4.69) is 15.3 Å². The number of aromatic nitrogens is 3. The van der Waals surface area contributed by atoms with Crippen molar-refractivity contribution < 1.29 is 4.42 Å². The second-order valence-corrected chi connectivity index (χ2v) is 5.53. The largest absolute Gasteiger partial charge is 0.424 e. The monoisotopic (exact) mass is 296 g/mol. The van der Waals surface area contributed by atoms with E-state index in [1.54, 1.807) is 17.0 Å². The summed E-state index contributed by atoms with van der Waals surface area (Å²) < 4.78 is 7.17. The molecule has 1 N–H and O–H groups in total. The Balaban J connectivity index is 1.41. The SMILES string of the molecule is O=c1cc(C2CC2)ncn1CCNc1nc2ccccc2o1. The number of hydrogen-bond donors (Lipinski definition) is 1. The van der Waals surface area contributed by atoms with Gasteiger partial charge in [0.05, 0.1) is 12.0 Å². The van der Waals surface area contributed by atoms with E-state index in [1.165, 1.54) is 0 Å². The van der Waals surface area contributed by atoms with Crippen LogP contribution in [0.2, 0.25) is 0 Å². The first-order chi connectivity index (χ1) is 10.8. The van der Waals surface area contributed by atoms with Crippen LogP contribution in [-0.4, -0.2) is 21.1 Å². The molecule has 2 aromatic heterocycles. The van der Waals surface area contributed by atoms with E-state index in [9.17, 15) is 4.79 Å². The van der Waals surface area contributed by atoms with Gasteiger partial charge in [0.1, 0.15) is 5.52 Å². The van der Waals surface area contributed by atoms with Gasteiger partial charge in [0.15, 0.2) is 5.58 Å². The van der Waals surface area contributed by atoms with Gasteiger partial charge in [-0.15, -0.1) is 0 Å². The number of nitrogens with zero attached hydrogens (tertiary/aromatic N) is 3. The van der Waals surface area contributed by atoms with E-state index in [0.29, 0.717) is 25.0 Å². The van der Waals surface area contributed by atoms with Crippen LogP contribution in [0.5, 0.6) is 0 Å². The van der Waals surface area contributed by atoms with Crippen LogP contribution in [0.3, 0.4) is 0 Å². The average Bonchev–Trinajstić information content (AvgIpc) is 3.28. The number of para-hydroxylation sites is 2. The Hall–Kier alpha value is -2.63. The van der Waals surface area contributed by atoms with E-state index in [1.807, 2.05) is 24.3 Å². The van der Waals surface area contributed by atoms with Crippen molar-refractivity contribution in [1.82, 2.24) is 14.5 Å². The van der Waals surface area contributed by atoms with Crippen LogP contribution in [0, 0.1) is 0 Å². The molecule has 0 amide bonds. The van der Waals surface area contributed by atoms with E-state index < -0.39 is 0 Å². The molecule has 1 fully saturated rings. The lowest BCUT2D eigenvalue weighted by atomic mass is 10.3. The zero-order chi connectivity index (χ0) is 14.9. The average molecular weight is 296 g/mol. The van der Waals surface area contributed by atoms with Gasteiger partial charge in [-0.05, 0) is 25.0 Å². The third-order valence-corrected chi connectivity index (χ3v) is 3.82. The van der Waals surface area contributed by atoms with Gasteiger partial charge in [-0.1, -0.05) is 12.1 Å². The minimum absolute atomic E-state index is 0.00346. The molecule has 0 spiro atoms. The molecule has 1 aliphatic rings. The van der Waals surface area contributed by atoms with Crippen molar-refractivity contribution in [1.29, 1.82) is 0 Å². The molecule has 1 saturated carbocycles. The maximum absolute atomic E-state index is 12.0. The van der Waals surface area contributed by atoms with Crippen molar-refractivity contribution in [3.8, 4) is 0 Å². The minimum Gasteiger partial charge on any atom is -0.424 e. The minimum atomic E-state index is -0.00346. The fraction of sp³-hybridized carbons (Fsp3) is 0.312. The highest BCUT2D eigenvalue weighted by atomic mass is 16.4. The molecule has 3 aromatic rings. The summed E-state index contributed by atoms with van der Waals surface area (Å²) in [5.74, 6) is 0.500. The van der Waals surface area contributed by atoms with Crippen LogP contribution in [0.4, 0.5) is 6.01 Å². The molecule has 0 radical (unpaired) electrons. The third kappa shape index (κ3) is 2.59. The van der Waals surface area contributed by atoms with Crippen molar-refractivity contribution in [2.75, 3.05) is 11.9 Å². The molecule has 0 aliphatic heterocycles. The lowest BCUT2D eigenvalue weighted by Crippen LogP contribution is -2.24. The Morgan fingerprint density at radius 3 is 2.95 bits per heavy atom. The van der Waals surface area contributed by atoms with Crippen LogP contribution in [0.1, 0.15) is 24.5 Å². The van der Waals surface area contributed by atoms with Gasteiger partial charge in [0, 0.05) is 25.1 Å². The normalized spacial score (nSPS) is 14.4. The Morgan fingerprint density at radius 1 is 1.32 bits per heavy atom. The third-order valence-electron chi connectivity index (χ3n) is 3.82. The molecule has 1 aromatic carbocycles. The van der Waals surface area contributed by atoms with Gasteiger partial charge < -0.3 is 9.73 Å². The summed E-state index contributed by atoms with van der Waals surface area (Å²) in [6.45, 7) is 1.08. The summed E-state index contributed by atoms with van der Waals surface area (Å²) in [6.07, 6.45) is 3.93. The number of oxazole rings is 1. The molecule has 1 aliphatic carbocycles. The fourth-order valence-electron chi connectivity index (χ4n) is 2.44. The van der Waals surface area contributed by atoms with Crippen molar-refractivity contribution in [3.63, 3.8) is 0 Å². The molecule has 0 bridgehead atoms. The number of benzene rings is 1. The van der Waals surface area contributed by atoms with Gasteiger partial charge in [0.25, 0.3) is 11.6 Å². The van der Waals surface area contributed by atoms with Crippen molar-refractivity contribution in [2.24, 2.45) is 0 Å².